The number of hydrogen-bond donors (Lipinski definition) is 11. The molecule has 1 heterocycles. The predicted octanol–water partition coefficient (Wildman–Crippen LogP) is -2.07. The summed E-state index contributed by atoms with van der Waals surface area (Å²) in [6, 6.07) is 0.0139. The molecular weight excluding hydrogens is 888 g/mol. The lowest BCUT2D eigenvalue weighted by Crippen LogP contribution is -2.55. The number of phenolic OH excluding ortho intramolecular Hbond substituents is 2. The van der Waals surface area contributed by atoms with Crippen LogP contribution in [0.5, 0.6) is 17.2 Å². The van der Waals surface area contributed by atoms with Crippen molar-refractivity contribution in [2.75, 3.05) is 47.2 Å². The quantitative estimate of drug-likeness (QED) is 0.0236. The summed E-state index contributed by atoms with van der Waals surface area (Å²) in [7, 11) is 2.77. The van der Waals surface area contributed by atoms with E-state index in [0.717, 1.165) is 6.92 Å². The number of benzene rings is 2. The van der Waals surface area contributed by atoms with Crippen molar-refractivity contribution in [2.24, 2.45) is 10.8 Å². The number of aromatic hydroxyl groups is 2. The monoisotopic (exact) mass is 944 g/mol. The fraction of sp³-hybridized carbons (Fsp3) is 0.535. The van der Waals surface area contributed by atoms with E-state index in [1.165, 1.54) is 39.3 Å². The molecule has 8 atom stereocenters. The van der Waals surface area contributed by atoms with E-state index in [-0.39, 0.29) is 54.2 Å². The van der Waals surface area contributed by atoms with Crippen molar-refractivity contribution in [3.63, 3.8) is 0 Å². The number of fused-ring (bicyclic) bond motifs is 3. The molecule has 0 bridgehead atoms. The van der Waals surface area contributed by atoms with E-state index < -0.39 is 150 Å². The van der Waals surface area contributed by atoms with Crippen molar-refractivity contribution >= 4 is 46.9 Å². The van der Waals surface area contributed by atoms with E-state index in [0.29, 0.717) is 13.0 Å². The number of aliphatic hydroxyl groups excluding tert-OH is 2. The van der Waals surface area contributed by atoms with Crippen molar-refractivity contribution in [2.45, 2.75) is 101 Å². The first-order valence-corrected chi connectivity index (χ1v) is 21.2. The van der Waals surface area contributed by atoms with E-state index in [1.54, 1.807) is 0 Å². The Hall–Kier alpha value is -6.12. The Morgan fingerprint density at radius 1 is 0.970 bits per heavy atom. The number of ether oxygens (including phenoxy) is 5. The number of hydrazone groups is 1. The Labute approximate surface area is 383 Å². The van der Waals surface area contributed by atoms with Crippen LogP contribution in [0.3, 0.4) is 0 Å². The number of carbonyl (C=O) groups is 7. The lowest BCUT2D eigenvalue weighted by molar-refractivity contribution is -0.245. The summed E-state index contributed by atoms with van der Waals surface area (Å²) in [4.78, 5) is 91.4. The van der Waals surface area contributed by atoms with Gasteiger partial charge in [0.2, 0.25) is 29.4 Å². The van der Waals surface area contributed by atoms with E-state index in [2.05, 4.69) is 26.5 Å². The van der Waals surface area contributed by atoms with Gasteiger partial charge >= 0.3 is 5.97 Å². The zero-order chi connectivity index (χ0) is 49.3. The molecule has 24 heteroatoms. The highest BCUT2D eigenvalue weighted by Crippen LogP contribution is 2.52. The number of amides is 4. The van der Waals surface area contributed by atoms with Crippen LogP contribution in [0.4, 0.5) is 0 Å². The molecule has 0 spiro atoms. The van der Waals surface area contributed by atoms with Gasteiger partial charge in [-0.2, -0.15) is 5.10 Å². The van der Waals surface area contributed by atoms with Crippen molar-refractivity contribution in [1.82, 2.24) is 21.4 Å². The summed E-state index contributed by atoms with van der Waals surface area (Å²) in [5, 5.41) is 77.6. The van der Waals surface area contributed by atoms with E-state index in [1.807, 2.05) is 0 Å². The number of aliphatic hydroxyl groups is 3. The third-order valence-corrected chi connectivity index (χ3v) is 11.4. The van der Waals surface area contributed by atoms with E-state index in [9.17, 15) is 64.2 Å². The van der Waals surface area contributed by atoms with E-state index in [4.69, 9.17) is 29.4 Å². The molecule has 24 nitrogen and oxygen atoms in total. The van der Waals surface area contributed by atoms with Crippen LogP contribution in [0, 0.1) is 0 Å². The molecule has 0 aromatic heterocycles. The second kappa shape index (κ2) is 22.6. The topological polar surface area (TPSA) is 374 Å². The molecule has 0 saturated carbocycles. The fourth-order valence-electron chi connectivity index (χ4n) is 8.12. The molecule has 1 fully saturated rings. The molecule has 67 heavy (non-hydrogen) atoms. The lowest BCUT2D eigenvalue weighted by Gasteiger charge is -2.43. The molecular formula is C43H56N6O18. The van der Waals surface area contributed by atoms with Crippen molar-refractivity contribution < 1.29 is 87.9 Å². The highest BCUT2D eigenvalue weighted by molar-refractivity contribution is 6.31. The molecule has 12 N–H and O–H groups in total. The van der Waals surface area contributed by atoms with Crippen LogP contribution in [0.15, 0.2) is 23.3 Å². The minimum atomic E-state index is -2.39. The number of phenols is 2. The third kappa shape index (κ3) is 11.9. The number of aliphatic carboxylic acids is 1. The first kappa shape index (κ1) is 51.9. The molecule has 1 aliphatic heterocycles. The van der Waals surface area contributed by atoms with Crippen molar-refractivity contribution in [3.8, 4) is 17.2 Å². The number of nitrogens with two attached hydrogens (primary N) is 1. The molecule has 2 aromatic carbocycles. The second-order valence-corrected chi connectivity index (χ2v) is 16.2. The zero-order valence-electron chi connectivity index (χ0n) is 37.2. The van der Waals surface area contributed by atoms with Gasteiger partial charge in [0.15, 0.2) is 12.1 Å². The highest BCUT2D eigenvalue weighted by Gasteiger charge is 2.50. The summed E-state index contributed by atoms with van der Waals surface area (Å²) in [6.45, 7) is 2.33. The van der Waals surface area contributed by atoms with Crippen LogP contribution >= 0.6 is 0 Å². The Bertz CT molecular complexity index is 2240. The van der Waals surface area contributed by atoms with Gasteiger partial charge in [0.1, 0.15) is 34.9 Å². The van der Waals surface area contributed by atoms with Crippen LogP contribution in [0.1, 0.15) is 95.0 Å². The Kier molecular flexibility index (Phi) is 17.5. The van der Waals surface area contributed by atoms with Crippen LogP contribution in [-0.2, 0) is 49.3 Å². The molecule has 3 unspecified atom stereocenters. The molecule has 5 rings (SSSR count). The molecule has 1 saturated heterocycles. The SMILES string of the molecule is COCCOCCCNC(=O)C(CC(=O)N/N=C(\CO)[C@]1(O)Cc2c(O)c3c(c(O)c2[C@@H](O[C@H]2C[C@H](N)[C@@H](O)C(C)O2)C1)C(=O)c1c(OC)cccc1C3=O)NC(=O)C(CC(=O)O)NC(C)=O. The molecule has 2 aliphatic carbocycles. The largest absolute Gasteiger partial charge is 0.507 e. The maximum atomic E-state index is 14.1. The van der Waals surface area contributed by atoms with Crippen molar-refractivity contribution in [1.29, 1.82) is 0 Å². The molecule has 0 radical (unpaired) electrons. The van der Waals surface area contributed by atoms with Crippen LogP contribution in [-0.4, -0.2) is 167 Å². The van der Waals surface area contributed by atoms with Gasteiger partial charge in [-0.15, -0.1) is 0 Å². The number of carboxylic acids is 1. The van der Waals surface area contributed by atoms with Gasteiger partial charge < -0.3 is 76.0 Å². The lowest BCUT2D eigenvalue weighted by atomic mass is 9.71. The summed E-state index contributed by atoms with van der Waals surface area (Å²) in [6.07, 6.45) is -7.57. The van der Waals surface area contributed by atoms with Crippen LogP contribution < -0.4 is 31.8 Å². The number of methoxy groups -OCH3 is 2. The number of nitrogens with zero attached hydrogens (tertiary/aromatic N) is 1. The van der Waals surface area contributed by atoms with Gasteiger partial charge in [-0.25, -0.2) is 5.43 Å². The normalized spacial score (nSPS) is 23.2. The van der Waals surface area contributed by atoms with Gasteiger partial charge in [0.05, 0.1) is 80.5 Å². The first-order valence-electron chi connectivity index (χ1n) is 21.2. The maximum absolute atomic E-state index is 14.1. The summed E-state index contributed by atoms with van der Waals surface area (Å²) in [5.74, 6) is -8.63. The van der Waals surface area contributed by atoms with Crippen molar-refractivity contribution in [3.05, 3.63) is 51.6 Å². The smallest absolute Gasteiger partial charge is 0.305 e. The van der Waals surface area contributed by atoms with Gasteiger partial charge in [-0.3, -0.25) is 33.6 Å². The van der Waals surface area contributed by atoms with Gasteiger partial charge in [0.25, 0.3) is 0 Å². The number of ketones is 2. The third-order valence-electron chi connectivity index (χ3n) is 11.4. The van der Waals surface area contributed by atoms with Gasteiger partial charge in [-0.1, -0.05) is 12.1 Å². The predicted molar refractivity (Wildman–Crippen MR) is 229 cm³/mol. The average molecular weight is 945 g/mol. The minimum Gasteiger partial charge on any atom is -0.507 e. The molecule has 2 aromatic rings. The number of rotatable bonds is 21. The fourth-order valence-corrected chi connectivity index (χ4v) is 8.12. The van der Waals surface area contributed by atoms with Gasteiger partial charge in [-0.05, 0) is 19.4 Å². The zero-order valence-corrected chi connectivity index (χ0v) is 37.2. The molecule has 3 aliphatic rings. The minimum absolute atomic E-state index is 0.0119. The second-order valence-electron chi connectivity index (χ2n) is 16.2. The van der Waals surface area contributed by atoms with Crippen LogP contribution in [0.2, 0.25) is 0 Å². The van der Waals surface area contributed by atoms with Gasteiger partial charge in [0, 0.05) is 69.2 Å². The number of hydrogen-bond acceptors (Lipinski definition) is 19. The Morgan fingerprint density at radius 2 is 1.67 bits per heavy atom. The number of nitrogens with one attached hydrogen (secondary N) is 4. The number of carboxylic acid groups (broad SMARTS) is 1. The Balaban J connectivity index is 1.47. The highest BCUT2D eigenvalue weighted by atomic mass is 16.7. The summed E-state index contributed by atoms with van der Waals surface area (Å²) < 4.78 is 27.7. The number of carbonyl (C=O) groups excluding carboxylic acids is 6. The maximum Gasteiger partial charge on any atom is 0.305 e. The van der Waals surface area contributed by atoms with Crippen LogP contribution in [0.25, 0.3) is 0 Å². The molecule has 366 valence electrons. The molecule has 4 amide bonds. The first-order chi connectivity index (χ1) is 31.8. The standard InChI is InChI=1S/C43H56N6O18/c1-19-36(55)23(44)13-31(66-19)67-27-17-43(62,16-22-33(27)40(59)35-34(38(22)57)37(56)21-7-5-8-26(64-4)32(21)39(35)58)28(18-50)48-49-29(52)14-24(41(60)45-9-6-10-65-12-11-63-3)47-42(61)25(15-30(53)54)46-20(2)51/h5,7-8,19,23-25,27,31,36,50,55,57,59,62H,6,9-18,44H2,1-4H3,(H,45,60)(H,46,51)(H,47,61)(H,49,52)(H,53,54)/b48-28+/t19?,23-,24?,25?,27-,31-,36-,43-/m0/s1. The average Bonchev–Trinajstić information content (AvgIpc) is 3.27. The summed E-state index contributed by atoms with van der Waals surface area (Å²) >= 11 is 0. The van der Waals surface area contributed by atoms with E-state index >= 15 is 0 Å². The Morgan fingerprint density at radius 3 is 2.31 bits per heavy atom. The summed E-state index contributed by atoms with van der Waals surface area (Å²) in [5.41, 5.74) is 3.30.